The third-order valence-electron chi connectivity index (χ3n) is 2.14. The fourth-order valence-electron chi connectivity index (χ4n) is 1.34. The lowest BCUT2D eigenvalue weighted by atomic mass is 10.2. The standard InChI is InChI=1S/C11H9ClN4O3/c1-19-11-15-9(12)14-10(16-11)13-7-4-2-3-6(5-7)8(17)18/h2-5H,1H3,(H,17,18)(H,13,14,15,16). The Balaban J connectivity index is 2.28. The maximum absolute atomic E-state index is 10.9. The second-order valence-electron chi connectivity index (χ2n) is 3.43. The Morgan fingerprint density at radius 2 is 2.16 bits per heavy atom. The predicted octanol–water partition coefficient (Wildman–Crippen LogP) is 1.98. The summed E-state index contributed by atoms with van der Waals surface area (Å²) in [6, 6.07) is 6.28. The van der Waals surface area contributed by atoms with Crippen molar-refractivity contribution in [2.24, 2.45) is 0 Å². The maximum atomic E-state index is 10.9. The molecule has 1 heterocycles. The molecule has 98 valence electrons. The molecule has 0 unspecified atom stereocenters. The molecule has 0 aliphatic carbocycles. The van der Waals surface area contributed by atoms with Crippen LogP contribution in [-0.2, 0) is 0 Å². The van der Waals surface area contributed by atoms with Crippen LogP contribution in [-0.4, -0.2) is 33.1 Å². The van der Waals surface area contributed by atoms with Crippen LogP contribution in [0.2, 0.25) is 5.28 Å². The number of benzene rings is 1. The van der Waals surface area contributed by atoms with E-state index in [0.29, 0.717) is 5.69 Å². The van der Waals surface area contributed by atoms with Crippen LogP contribution in [0.1, 0.15) is 10.4 Å². The van der Waals surface area contributed by atoms with Crippen LogP contribution in [0.3, 0.4) is 0 Å². The Morgan fingerprint density at radius 1 is 1.37 bits per heavy atom. The molecule has 0 saturated heterocycles. The molecular formula is C11H9ClN4O3. The molecule has 0 aliphatic heterocycles. The molecule has 0 saturated carbocycles. The van der Waals surface area contributed by atoms with E-state index in [2.05, 4.69) is 20.3 Å². The average molecular weight is 281 g/mol. The van der Waals surface area contributed by atoms with Crippen LogP contribution in [0.15, 0.2) is 24.3 Å². The number of carbonyl (C=O) groups is 1. The van der Waals surface area contributed by atoms with Gasteiger partial charge in [0, 0.05) is 5.69 Å². The minimum absolute atomic E-state index is 0.0243. The summed E-state index contributed by atoms with van der Waals surface area (Å²) < 4.78 is 4.85. The van der Waals surface area contributed by atoms with Crippen molar-refractivity contribution in [3.8, 4) is 6.01 Å². The van der Waals surface area contributed by atoms with Crippen LogP contribution >= 0.6 is 11.6 Å². The molecule has 2 N–H and O–H groups in total. The average Bonchev–Trinajstić information content (AvgIpc) is 2.38. The van der Waals surface area contributed by atoms with Gasteiger partial charge in [-0.05, 0) is 29.8 Å². The van der Waals surface area contributed by atoms with Gasteiger partial charge in [0.05, 0.1) is 12.7 Å². The molecule has 8 heteroatoms. The highest BCUT2D eigenvalue weighted by atomic mass is 35.5. The van der Waals surface area contributed by atoms with Crippen molar-refractivity contribution in [3.63, 3.8) is 0 Å². The summed E-state index contributed by atoms with van der Waals surface area (Å²) in [6.07, 6.45) is 0. The zero-order valence-electron chi connectivity index (χ0n) is 9.79. The van der Waals surface area contributed by atoms with Crippen molar-refractivity contribution in [3.05, 3.63) is 35.1 Å². The van der Waals surface area contributed by atoms with Crippen LogP contribution in [0.5, 0.6) is 6.01 Å². The zero-order chi connectivity index (χ0) is 13.8. The van der Waals surface area contributed by atoms with Crippen molar-refractivity contribution < 1.29 is 14.6 Å². The van der Waals surface area contributed by atoms with Gasteiger partial charge in [0.25, 0.3) is 0 Å². The normalized spacial score (nSPS) is 10.0. The van der Waals surface area contributed by atoms with Gasteiger partial charge in [-0.3, -0.25) is 0 Å². The molecule has 0 atom stereocenters. The van der Waals surface area contributed by atoms with E-state index in [1.807, 2.05) is 0 Å². The molecule has 19 heavy (non-hydrogen) atoms. The van der Waals surface area contributed by atoms with Gasteiger partial charge >= 0.3 is 12.0 Å². The van der Waals surface area contributed by atoms with E-state index in [9.17, 15) is 4.79 Å². The van der Waals surface area contributed by atoms with Crippen LogP contribution in [0.4, 0.5) is 11.6 Å². The van der Waals surface area contributed by atoms with Gasteiger partial charge in [-0.2, -0.15) is 15.0 Å². The number of aromatic nitrogens is 3. The van der Waals surface area contributed by atoms with Crippen LogP contribution in [0.25, 0.3) is 0 Å². The molecular weight excluding hydrogens is 272 g/mol. The van der Waals surface area contributed by atoms with Gasteiger partial charge in [0.1, 0.15) is 0 Å². The van der Waals surface area contributed by atoms with Gasteiger partial charge in [0.15, 0.2) is 0 Å². The third kappa shape index (κ3) is 3.29. The second kappa shape index (κ2) is 5.49. The van der Waals surface area contributed by atoms with E-state index in [1.54, 1.807) is 12.1 Å². The lowest BCUT2D eigenvalue weighted by Gasteiger charge is -2.06. The number of halogens is 1. The van der Waals surface area contributed by atoms with E-state index < -0.39 is 5.97 Å². The second-order valence-corrected chi connectivity index (χ2v) is 3.76. The van der Waals surface area contributed by atoms with Gasteiger partial charge in [-0.1, -0.05) is 6.07 Å². The van der Waals surface area contributed by atoms with Gasteiger partial charge in [-0.15, -0.1) is 0 Å². The minimum Gasteiger partial charge on any atom is -0.478 e. The molecule has 0 fully saturated rings. The monoisotopic (exact) mass is 280 g/mol. The van der Waals surface area contributed by atoms with E-state index >= 15 is 0 Å². The summed E-state index contributed by atoms with van der Waals surface area (Å²) in [5.74, 6) is -0.853. The number of hydrogen-bond acceptors (Lipinski definition) is 6. The highest BCUT2D eigenvalue weighted by Gasteiger charge is 2.07. The maximum Gasteiger partial charge on any atom is 0.335 e. The molecule has 1 aromatic heterocycles. The molecule has 7 nitrogen and oxygen atoms in total. The number of nitrogens with zero attached hydrogens (tertiary/aromatic N) is 3. The topological polar surface area (TPSA) is 97.2 Å². The van der Waals surface area contributed by atoms with Crippen molar-refractivity contribution in [1.82, 2.24) is 15.0 Å². The number of aromatic carboxylic acids is 1. The largest absolute Gasteiger partial charge is 0.478 e. The smallest absolute Gasteiger partial charge is 0.335 e. The van der Waals surface area contributed by atoms with Crippen LogP contribution in [0, 0.1) is 0 Å². The number of carboxylic acid groups (broad SMARTS) is 1. The highest BCUT2D eigenvalue weighted by molar-refractivity contribution is 6.28. The van der Waals surface area contributed by atoms with E-state index in [4.69, 9.17) is 21.4 Å². The third-order valence-corrected chi connectivity index (χ3v) is 2.30. The highest BCUT2D eigenvalue weighted by Crippen LogP contribution is 2.17. The summed E-state index contributed by atoms with van der Waals surface area (Å²) in [5, 5.41) is 11.7. The molecule has 1 aromatic carbocycles. The summed E-state index contributed by atoms with van der Waals surface area (Å²) in [6.45, 7) is 0. The van der Waals surface area contributed by atoms with Crippen molar-refractivity contribution in [2.45, 2.75) is 0 Å². The van der Waals surface area contributed by atoms with Gasteiger partial charge in [-0.25, -0.2) is 4.79 Å². The number of hydrogen-bond donors (Lipinski definition) is 2. The summed E-state index contributed by atoms with van der Waals surface area (Å²) >= 11 is 5.70. The van der Waals surface area contributed by atoms with Crippen molar-refractivity contribution in [1.29, 1.82) is 0 Å². The molecule has 0 spiro atoms. The number of carboxylic acids is 1. The van der Waals surface area contributed by atoms with E-state index in [1.165, 1.54) is 19.2 Å². The summed E-state index contributed by atoms with van der Waals surface area (Å²) in [4.78, 5) is 22.4. The van der Waals surface area contributed by atoms with Gasteiger partial charge in [0.2, 0.25) is 11.2 Å². The number of methoxy groups -OCH3 is 1. The summed E-state index contributed by atoms with van der Waals surface area (Å²) in [5.41, 5.74) is 0.668. The SMILES string of the molecule is COc1nc(Cl)nc(Nc2cccc(C(=O)O)c2)n1. The molecule has 0 amide bonds. The first kappa shape index (κ1) is 13.0. The molecule has 0 bridgehead atoms. The molecule has 0 radical (unpaired) electrons. The minimum atomic E-state index is -1.02. The first-order valence-corrected chi connectivity index (χ1v) is 5.52. The number of anilines is 2. The number of nitrogens with one attached hydrogen (secondary N) is 1. The Kier molecular flexibility index (Phi) is 3.76. The van der Waals surface area contributed by atoms with Crippen molar-refractivity contribution in [2.75, 3.05) is 12.4 Å². The van der Waals surface area contributed by atoms with E-state index in [0.717, 1.165) is 0 Å². The molecule has 2 aromatic rings. The Bertz CT molecular complexity index is 621. The first-order valence-electron chi connectivity index (χ1n) is 5.14. The first-order chi connectivity index (χ1) is 9.08. The number of rotatable bonds is 4. The fourth-order valence-corrected chi connectivity index (χ4v) is 1.49. The quantitative estimate of drug-likeness (QED) is 0.883. The Labute approximate surface area is 113 Å². The number of ether oxygens (including phenoxy) is 1. The van der Waals surface area contributed by atoms with Crippen LogP contribution < -0.4 is 10.1 Å². The molecule has 0 aliphatic rings. The lowest BCUT2D eigenvalue weighted by Crippen LogP contribution is -2.03. The fraction of sp³-hybridized carbons (Fsp3) is 0.0909. The predicted molar refractivity (Wildman–Crippen MR) is 68.1 cm³/mol. The Morgan fingerprint density at radius 3 is 2.84 bits per heavy atom. The van der Waals surface area contributed by atoms with Gasteiger partial charge < -0.3 is 15.2 Å². The Hall–Kier alpha value is -2.41. The van der Waals surface area contributed by atoms with Crippen molar-refractivity contribution >= 4 is 29.2 Å². The summed E-state index contributed by atoms with van der Waals surface area (Å²) in [7, 11) is 1.40. The lowest BCUT2D eigenvalue weighted by molar-refractivity contribution is 0.0697. The zero-order valence-corrected chi connectivity index (χ0v) is 10.5. The van der Waals surface area contributed by atoms with E-state index in [-0.39, 0.29) is 22.8 Å². The molecule has 2 rings (SSSR count).